The van der Waals surface area contributed by atoms with E-state index in [0.717, 1.165) is 19.6 Å². The molecule has 0 radical (unpaired) electrons. The van der Waals surface area contributed by atoms with Crippen molar-refractivity contribution in [1.29, 1.82) is 0 Å². The summed E-state index contributed by atoms with van der Waals surface area (Å²) in [5.41, 5.74) is 0.580. The largest absolute Gasteiger partial charge is 0.350 e. The first-order valence-electron chi connectivity index (χ1n) is 5.82. The summed E-state index contributed by atoms with van der Waals surface area (Å²) >= 11 is 0. The molecule has 1 atom stereocenters. The number of aromatic nitrogens is 2. The molecule has 0 saturated carbocycles. The molecule has 1 unspecified atom stereocenters. The highest BCUT2D eigenvalue weighted by molar-refractivity contribution is 5.93. The Morgan fingerprint density at radius 1 is 1.59 bits per heavy atom. The zero-order valence-corrected chi connectivity index (χ0v) is 10.3. The topological polar surface area (TPSA) is 64.3 Å². The average molecular weight is 237 g/mol. The number of hydrogen-bond donors (Lipinski definition) is 2. The third-order valence-electron chi connectivity index (χ3n) is 3.24. The summed E-state index contributed by atoms with van der Waals surface area (Å²) in [6.45, 7) is 3.79. The van der Waals surface area contributed by atoms with Crippen molar-refractivity contribution in [3.63, 3.8) is 0 Å². The average Bonchev–Trinajstić information content (AvgIpc) is 2.83. The van der Waals surface area contributed by atoms with E-state index in [9.17, 15) is 4.79 Å². The summed E-state index contributed by atoms with van der Waals surface area (Å²) in [6.07, 6.45) is 3.14. The van der Waals surface area contributed by atoms with Gasteiger partial charge in [0.25, 0.3) is 5.91 Å². The first kappa shape index (κ1) is 12.1. The van der Waals surface area contributed by atoms with E-state index in [0.29, 0.717) is 18.2 Å². The van der Waals surface area contributed by atoms with E-state index in [-0.39, 0.29) is 5.91 Å². The van der Waals surface area contributed by atoms with Crippen molar-refractivity contribution in [2.24, 2.45) is 0 Å². The minimum Gasteiger partial charge on any atom is -0.350 e. The molecule has 0 aromatic carbocycles. The molecule has 1 aliphatic rings. The molecule has 6 heteroatoms. The van der Waals surface area contributed by atoms with E-state index in [2.05, 4.69) is 39.4 Å². The molecule has 1 aliphatic heterocycles. The van der Waals surface area contributed by atoms with Gasteiger partial charge in [-0.05, 0) is 14.1 Å². The maximum Gasteiger partial charge on any atom is 0.254 e. The molecule has 17 heavy (non-hydrogen) atoms. The molecule has 1 amide bonds. The third-order valence-corrected chi connectivity index (χ3v) is 3.24. The molecule has 0 spiro atoms. The highest BCUT2D eigenvalue weighted by atomic mass is 16.1. The van der Waals surface area contributed by atoms with Crippen LogP contribution in [0.2, 0.25) is 0 Å². The lowest BCUT2D eigenvalue weighted by Gasteiger charge is -2.37. The monoisotopic (exact) mass is 237 g/mol. The SMILES string of the molecule is CN1CCN(C)C(CNC(=O)c2cn[nH]c2)C1. The number of H-pyrrole nitrogens is 1. The number of piperazine rings is 1. The van der Waals surface area contributed by atoms with E-state index < -0.39 is 0 Å². The van der Waals surface area contributed by atoms with Crippen LogP contribution in [0.5, 0.6) is 0 Å². The van der Waals surface area contributed by atoms with Crippen LogP contribution in [0.3, 0.4) is 0 Å². The summed E-state index contributed by atoms with van der Waals surface area (Å²) in [5.74, 6) is -0.0691. The first-order valence-corrected chi connectivity index (χ1v) is 5.82. The second kappa shape index (κ2) is 5.29. The highest BCUT2D eigenvalue weighted by Crippen LogP contribution is 2.05. The molecule has 1 aromatic rings. The second-order valence-electron chi connectivity index (χ2n) is 4.59. The van der Waals surface area contributed by atoms with Crippen molar-refractivity contribution in [3.8, 4) is 0 Å². The number of aromatic amines is 1. The van der Waals surface area contributed by atoms with Gasteiger partial charge in [0.1, 0.15) is 0 Å². The quantitative estimate of drug-likeness (QED) is 0.736. The lowest BCUT2D eigenvalue weighted by molar-refractivity contribution is 0.0881. The molecular weight excluding hydrogens is 218 g/mol. The van der Waals surface area contributed by atoms with Crippen LogP contribution in [0.15, 0.2) is 12.4 Å². The van der Waals surface area contributed by atoms with Gasteiger partial charge >= 0.3 is 0 Å². The van der Waals surface area contributed by atoms with Crippen LogP contribution in [-0.4, -0.2) is 72.2 Å². The first-order chi connectivity index (χ1) is 8.16. The second-order valence-corrected chi connectivity index (χ2v) is 4.59. The Kier molecular flexibility index (Phi) is 3.75. The van der Waals surface area contributed by atoms with Crippen molar-refractivity contribution in [3.05, 3.63) is 18.0 Å². The zero-order chi connectivity index (χ0) is 12.3. The summed E-state index contributed by atoms with van der Waals surface area (Å²) < 4.78 is 0. The van der Waals surface area contributed by atoms with Crippen LogP contribution in [0.4, 0.5) is 0 Å². The van der Waals surface area contributed by atoms with Crippen LogP contribution in [0.1, 0.15) is 10.4 Å². The van der Waals surface area contributed by atoms with Crippen LogP contribution in [0, 0.1) is 0 Å². The van der Waals surface area contributed by atoms with Gasteiger partial charge in [0.05, 0.1) is 11.8 Å². The lowest BCUT2D eigenvalue weighted by Crippen LogP contribution is -2.54. The number of hydrogen-bond acceptors (Lipinski definition) is 4. The van der Waals surface area contributed by atoms with Crippen molar-refractivity contribution in [2.75, 3.05) is 40.3 Å². The van der Waals surface area contributed by atoms with Crippen LogP contribution in [-0.2, 0) is 0 Å². The van der Waals surface area contributed by atoms with Gasteiger partial charge in [0, 0.05) is 38.4 Å². The lowest BCUT2D eigenvalue weighted by atomic mass is 10.2. The molecule has 94 valence electrons. The summed E-state index contributed by atoms with van der Waals surface area (Å²) in [7, 11) is 4.21. The molecule has 2 rings (SSSR count). The van der Waals surface area contributed by atoms with Crippen molar-refractivity contribution in [2.45, 2.75) is 6.04 Å². The molecule has 0 bridgehead atoms. The van der Waals surface area contributed by atoms with E-state index in [4.69, 9.17) is 0 Å². The molecule has 6 nitrogen and oxygen atoms in total. The zero-order valence-electron chi connectivity index (χ0n) is 10.3. The van der Waals surface area contributed by atoms with Gasteiger partial charge in [-0.25, -0.2) is 0 Å². The van der Waals surface area contributed by atoms with Gasteiger partial charge in [0.15, 0.2) is 0 Å². The third kappa shape index (κ3) is 3.04. The number of likely N-dealkylation sites (N-methyl/N-ethyl adjacent to an activating group) is 2. The molecule has 2 heterocycles. The van der Waals surface area contributed by atoms with Gasteiger partial charge in [-0.1, -0.05) is 0 Å². The van der Waals surface area contributed by atoms with E-state index in [1.807, 2.05) is 0 Å². The molecule has 1 aromatic heterocycles. The smallest absolute Gasteiger partial charge is 0.254 e. The molecule has 1 saturated heterocycles. The van der Waals surface area contributed by atoms with Crippen LogP contribution < -0.4 is 5.32 Å². The van der Waals surface area contributed by atoms with E-state index >= 15 is 0 Å². The van der Waals surface area contributed by atoms with Gasteiger partial charge < -0.3 is 10.2 Å². The molecular formula is C11H19N5O. The Bertz CT molecular complexity index is 364. The Balaban J connectivity index is 1.83. The highest BCUT2D eigenvalue weighted by Gasteiger charge is 2.22. The Hall–Kier alpha value is -1.40. The molecule has 2 N–H and O–H groups in total. The molecule has 0 aliphatic carbocycles. The van der Waals surface area contributed by atoms with Crippen LogP contribution in [0.25, 0.3) is 0 Å². The Morgan fingerprint density at radius 3 is 3.12 bits per heavy atom. The predicted molar refractivity (Wildman–Crippen MR) is 64.8 cm³/mol. The van der Waals surface area contributed by atoms with Gasteiger partial charge in [-0.3, -0.25) is 14.8 Å². The fourth-order valence-electron chi connectivity index (χ4n) is 2.01. The van der Waals surface area contributed by atoms with Crippen LogP contribution >= 0.6 is 0 Å². The number of rotatable bonds is 3. The fraction of sp³-hybridized carbons (Fsp3) is 0.636. The molecule has 1 fully saturated rings. The minimum atomic E-state index is -0.0691. The Morgan fingerprint density at radius 2 is 2.41 bits per heavy atom. The maximum absolute atomic E-state index is 11.7. The number of carbonyl (C=O) groups excluding carboxylic acids is 1. The Labute approximate surface area is 101 Å². The number of carbonyl (C=O) groups is 1. The van der Waals surface area contributed by atoms with Crippen molar-refractivity contribution < 1.29 is 4.79 Å². The van der Waals surface area contributed by atoms with Crippen molar-refractivity contribution >= 4 is 5.91 Å². The maximum atomic E-state index is 11.7. The summed E-state index contributed by atoms with van der Waals surface area (Å²) in [4.78, 5) is 16.3. The summed E-state index contributed by atoms with van der Waals surface area (Å²) in [6, 6.07) is 0.379. The minimum absolute atomic E-state index is 0.0691. The standard InChI is InChI=1S/C11H19N5O/c1-15-3-4-16(2)10(8-15)7-12-11(17)9-5-13-14-6-9/h5-6,10H,3-4,7-8H2,1-2H3,(H,12,17)(H,13,14). The predicted octanol–water partition coefficient (Wildman–Crippen LogP) is -0.615. The number of amides is 1. The van der Waals surface area contributed by atoms with Crippen molar-refractivity contribution in [1.82, 2.24) is 25.3 Å². The number of nitrogens with one attached hydrogen (secondary N) is 2. The van der Waals surface area contributed by atoms with E-state index in [1.54, 1.807) is 6.20 Å². The number of nitrogens with zero attached hydrogens (tertiary/aromatic N) is 3. The normalized spacial score (nSPS) is 22.6. The summed E-state index contributed by atoms with van der Waals surface area (Å²) in [5, 5.41) is 9.33. The van der Waals surface area contributed by atoms with Gasteiger partial charge in [-0.15, -0.1) is 0 Å². The fourth-order valence-corrected chi connectivity index (χ4v) is 2.01. The van der Waals surface area contributed by atoms with Gasteiger partial charge in [0.2, 0.25) is 0 Å². The van der Waals surface area contributed by atoms with E-state index in [1.165, 1.54) is 6.20 Å². The van der Waals surface area contributed by atoms with Gasteiger partial charge in [-0.2, -0.15) is 5.10 Å².